The zero-order valence-corrected chi connectivity index (χ0v) is 17.0. The summed E-state index contributed by atoms with van der Waals surface area (Å²) in [5.41, 5.74) is 5.57. The van der Waals surface area contributed by atoms with Gasteiger partial charge in [-0.25, -0.2) is 14.7 Å². The van der Waals surface area contributed by atoms with Crippen LogP contribution in [0.4, 0.5) is 4.79 Å². The van der Waals surface area contributed by atoms with Gasteiger partial charge in [-0.1, -0.05) is 25.7 Å². The summed E-state index contributed by atoms with van der Waals surface area (Å²) in [7, 11) is 1.50. The van der Waals surface area contributed by atoms with Crippen LogP contribution in [0.5, 0.6) is 0 Å². The predicted molar refractivity (Wildman–Crippen MR) is 102 cm³/mol. The Hall–Kier alpha value is -2.04. The Morgan fingerprint density at radius 2 is 1.97 bits per heavy atom. The van der Waals surface area contributed by atoms with Gasteiger partial charge in [0.1, 0.15) is 0 Å². The average molecular weight is 413 g/mol. The van der Waals surface area contributed by atoms with Crippen LogP contribution in [0.25, 0.3) is 0 Å². The number of ether oxygens (including phenoxy) is 1. The summed E-state index contributed by atoms with van der Waals surface area (Å²) in [5, 5.41) is 12.9. The fraction of sp³-hybridized carbons (Fsp3) is 0.789. The molecule has 29 heavy (non-hydrogen) atoms. The third-order valence-electron chi connectivity index (χ3n) is 6.16. The Bertz CT molecular complexity index is 610. The number of quaternary nitrogens is 1. The van der Waals surface area contributed by atoms with E-state index in [4.69, 9.17) is 10.5 Å². The molecule has 2 fully saturated rings. The molecule has 1 heterocycles. The number of imide groups is 1. The molecule has 1 saturated carbocycles. The highest BCUT2D eigenvalue weighted by Crippen LogP contribution is 2.35. The van der Waals surface area contributed by atoms with Gasteiger partial charge in [0.2, 0.25) is 6.41 Å². The molecule has 0 bridgehead atoms. The Kier molecular flexibility index (Phi) is 8.54. The Morgan fingerprint density at radius 3 is 2.55 bits per heavy atom. The average Bonchev–Trinajstić information content (AvgIpc) is 3.37. The van der Waals surface area contributed by atoms with Crippen LogP contribution in [0.1, 0.15) is 44.9 Å². The summed E-state index contributed by atoms with van der Waals surface area (Å²) in [5.74, 6) is -1.64. The van der Waals surface area contributed by atoms with Gasteiger partial charge in [-0.2, -0.15) is 4.48 Å². The van der Waals surface area contributed by atoms with Crippen molar-refractivity contribution in [3.63, 3.8) is 0 Å². The lowest BCUT2D eigenvalue weighted by atomic mass is 9.90. The third kappa shape index (κ3) is 5.31. The summed E-state index contributed by atoms with van der Waals surface area (Å²) in [6.07, 6.45) is 5.63. The van der Waals surface area contributed by atoms with E-state index in [1.807, 2.05) is 0 Å². The zero-order valence-electron chi connectivity index (χ0n) is 17.0. The minimum Gasteiger partial charge on any atom is -0.383 e. The number of nitrogens with one attached hydrogen (secondary N) is 1. The van der Waals surface area contributed by atoms with Gasteiger partial charge in [0, 0.05) is 26.5 Å². The molecular weight excluding hydrogens is 380 g/mol. The van der Waals surface area contributed by atoms with Crippen molar-refractivity contribution in [2.24, 2.45) is 17.6 Å². The number of nitrogens with two attached hydrogens (primary N) is 1. The van der Waals surface area contributed by atoms with Gasteiger partial charge in [0.15, 0.2) is 6.04 Å². The number of carbonyl (C=O) groups is 4. The van der Waals surface area contributed by atoms with Gasteiger partial charge in [0.25, 0.3) is 5.91 Å². The maximum Gasteiger partial charge on any atom is 0.424 e. The number of urea groups is 1. The summed E-state index contributed by atoms with van der Waals surface area (Å²) in [6.45, 7) is 0.415. The minimum absolute atomic E-state index is 0.166. The molecule has 0 spiro atoms. The van der Waals surface area contributed by atoms with Crippen LogP contribution in [-0.4, -0.2) is 78.4 Å². The summed E-state index contributed by atoms with van der Waals surface area (Å²) >= 11 is 0. The van der Waals surface area contributed by atoms with E-state index in [0.29, 0.717) is 24.3 Å². The van der Waals surface area contributed by atoms with Gasteiger partial charge in [0.05, 0.1) is 25.6 Å². The molecule has 1 aliphatic heterocycles. The Balaban J connectivity index is 2.33. The molecular formula is C19H33N4O6+. The first-order chi connectivity index (χ1) is 13.9. The molecule has 3 atom stereocenters. The highest BCUT2D eigenvalue weighted by Gasteiger charge is 2.58. The number of rotatable bonds is 10. The van der Waals surface area contributed by atoms with Crippen LogP contribution in [-0.2, 0) is 19.1 Å². The first-order valence-corrected chi connectivity index (χ1v) is 10.3. The number of hydroxylamine groups is 2. The molecule has 1 saturated heterocycles. The zero-order chi connectivity index (χ0) is 21.4. The van der Waals surface area contributed by atoms with E-state index in [-0.39, 0.29) is 38.6 Å². The fourth-order valence-corrected chi connectivity index (χ4v) is 4.77. The molecule has 2 aliphatic rings. The van der Waals surface area contributed by atoms with Crippen molar-refractivity contribution in [1.82, 2.24) is 10.4 Å². The molecule has 0 aromatic heterocycles. The summed E-state index contributed by atoms with van der Waals surface area (Å²) in [4.78, 5) is 50.0. The SMILES string of the molecule is COCCNC(=O)[N+]1(C(=O)[C@H](CC2CCCC2)CN(O)C=O)CCC[C@H]1C(N)=O. The molecule has 5 amide bonds. The molecule has 0 radical (unpaired) electrons. The molecule has 10 heteroatoms. The van der Waals surface area contributed by atoms with Crippen LogP contribution in [0, 0.1) is 11.8 Å². The van der Waals surface area contributed by atoms with E-state index in [1.165, 1.54) is 7.11 Å². The fourth-order valence-electron chi connectivity index (χ4n) is 4.77. The van der Waals surface area contributed by atoms with Gasteiger partial charge in [-0.3, -0.25) is 14.8 Å². The second-order valence-corrected chi connectivity index (χ2v) is 8.03. The van der Waals surface area contributed by atoms with Crippen LogP contribution in [0.2, 0.25) is 0 Å². The van der Waals surface area contributed by atoms with Crippen molar-refractivity contribution in [3.8, 4) is 0 Å². The van der Waals surface area contributed by atoms with Crippen molar-refractivity contribution < 1.29 is 33.6 Å². The number of primary amides is 1. The molecule has 164 valence electrons. The molecule has 1 aliphatic carbocycles. The number of hydrogen-bond donors (Lipinski definition) is 3. The second-order valence-electron chi connectivity index (χ2n) is 8.03. The lowest BCUT2D eigenvalue weighted by Gasteiger charge is -2.36. The highest BCUT2D eigenvalue weighted by molar-refractivity contribution is 5.91. The quantitative estimate of drug-likeness (QED) is 0.156. The molecule has 0 aromatic carbocycles. The largest absolute Gasteiger partial charge is 0.424 e. The van der Waals surface area contributed by atoms with Gasteiger partial charge < -0.3 is 15.8 Å². The first-order valence-electron chi connectivity index (χ1n) is 10.3. The predicted octanol–water partition coefficient (Wildman–Crippen LogP) is 0.378. The molecule has 10 nitrogen and oxygen atoms in total. The summed E-state index contributed by atoms with van der Waals surface area (Å²) in [6, 6.07) is -1.54. The lowest BCUT2D eigenvalue weighted by molar-refractivity contribution is -0.779. The van der Waals surface area contributed by atoms with E-state index in [1.54, 1.807) is 0 Å². The van der Waals surface area contributed by atoms with E-state index in [9.17, 15) is 24.4 Å². The van der Waals surface area contributed by atoms with Crippen molar-refractivity contribution in [1.29, 1.82) is 0 Å². The first kappa shape index (κ1) is 23.2. The van der Waals surface area contributed by atoms with Crippen LogP contribution in [0.15, 0.2) is 0 Å². The number of likely N-dealkylation sites (tertiary alicyclic amines) is 1. The number of amides is 5. The van der Waals surface area contributed by atoms with E-state index < -0.39 is 34.3 Å². The molecule has 1 unspecified atom stereocenters. The van der Waals surface area contributed by atoms with Gasteiger partial charge >= 0.3 is 11.9 Å². The third-order valence-corrected chi connectivity index (χ3v) is 6.16. The van der Waals surface area contributed by atoms with Crippen molar-refractivity contribution in [2.45, 2.75) is 51.0 Å². The highest BCUT2D eigenvalue weighted by atomic mass is 16.5. The standard InChI is InChI=1S/C19H32N4O6/c1-29-10-8-21-19(27)23(9-4-7-16(23)17(20)25)18(26)15(12-22(28)13-24)11-14-5-2-3-6-14/h13-16,28H,2-12H2,1H3,(H2-,20,21,25,27)/p+1/t15-,16+,23?/m1/s1. The van der Waals surface area contributed by atoms with Crippen molar-refractivity contribution >= 4 is 24.3 Å². The number of hydrogen-bond acceptors (Lipinski definition) is 6. The van der Waals surface area contributed by atoms with Crippen LogP contribution in [0.3, 0.4) is 0 Å². The lowest BCUT2D eigenvalue weighted by Crippen LogP contribution is -2.68. The normalized spacial score (nSPS) is 25.5. The van der Waals surface area contributed by atoms with E-state index >= 15 is 0 Å². The maximum atomic E-state index is 13.7. The van der Waals surface area contributed by atoms with Crippen molar-refractivity contribution in [2.75, 3.05) is 33.4 Å². The number of methoxy groups -OCH3 is 1. The minimum atomic E-state index is -0.959. The van der Waals surface area contributed by atoms with Crippen LogP contribution < -0.4 is 11.1 Å². The number of carbonyl (C=O) groups excluding carboxylic acids is 4. The number of nitrogens with zero attached hydrogens (tertiary/aromatic N) is 2. The van der Waals surface area contributed by atoms with E-state index in [0.717, 1.165) is 25.7 Å². The molecule has 2 rings (SSSR count). The van der Waals surface area contributed by atoms with E-state index in [2.05, 4.69) is 5.32 Å². The Labute approximate surface area is 170 Å². The molecule has 4 N–H and O–H groups in total. The van der Waals surface area contributed by atoms with Crippen LogP contribution >= 0.6 is 0 Å². The van der Waals surface area contributed by atoms with Crippen molar-refractivity contribution in [3.05, 3.63) is 0 Å². The topological polar surface area (TPSA) is 139 Å². The smallest absolute Gasteiger partial charge is 0.383 e. The Morgan fingerprint density at radius 1 is 1.28 bits per heavy atom. The molecule has 0 aromatic rings. The second kappa shape index (κ2) is 10.7. The monoisotopic (exact) mass is 413 g/mol. The maximum absolute atomic E-state index is 13.7. The van der Waals surface area contributed by atoms with Gasteiger partial charge in [-0.05, 0) is 12.3 Å². The summed E-state index contributed by atoms with van der Waals surface area (Å²) < 4.78 is 4.24. The van der Waals surface area contributed by atoms with Gasteiger partial charge in [-0.15, -0.1) is 0 Å².